The second kappa shape index (κ2) is 6.27. The SMILES string of the molecule is C=CCCCN1CCNC(CC(N)=O)C1=O. The van der Waals surface area contributed by atoms with Gasteiger partial charge in [-0.25, -0.2) is 0 Å². The lowest BCUT2D eigenvalue weighted by Crippen LogP contribution is -2.56. The number of carbonyl (C=O) groups is 2. The highest BCUT2D eigenvalue weighted by Gasteiger charge is 2.28. The van der Waals surface area contributed by atoms with Crippen molar-refractivity contribution in [2.75, 3.05) is 19.6 Å². The van der Waals surface area contributed by atoms with E-state index in [1.165, 1.54) is 0 Å². The highest BCUT2D eigenvalue weighted by atomic mass is 16.2. The Labute approximate surface area is 95.7 Å². The van der Waals surface area contributed by atoms with Gasteiger partial charge in [0.05, 0.1) is 12.5 Å². The van der Waals surface area contributed by atoms with Crippen LogP contribution in [0.5, 0.6) is 0 Å². The van der Waals surface area contributed by atoms with E-state index in [4.69, 9.17) is 5.73 Å². The number of nitrogens with one attached hydrogen (secondary N) is 1. The first-order chi connectivity index (χ1) is 7.65. The Morgan fingerprint density at radius 2 is 2.44 bits per heavy atom. The van der Waals surface area contributed by atoms with Gasteiger partial charge in [-0.1, -0.05) is 6.08 Å². The Kier molecular flexibility index (Phi) is 4.98. The number of hydrogen-bond donors (Lipinski definition) is 2. The third-order valence-electron chi connectivity index (χ3n) is 2.62. The van der Waals surface area contributed by atoms with Crippen LogP contribution in [0.15, 0.2) is 12.7 Å². The van der Waals surface area contributed by atoms with Gasteiger partial charge < -0.3 is 16.0 Å². The van der Waals surface area contributed by atoms with Crippen LogP contribution in [-0.4, -0.2) is 42.4 Å². The van der Waals surface area contributed by atoms with E-state index in [2.05, 4.69) is 11.9 Å². The van der Waals surface area contributed by atoms with Crippen LogP contribution in [-0.2, 0) is 9.59 Å². The predicted molar refractivity (Wildman–Crippen MR) is 61.6 cm³/mol. The first-order valence-electron chi connectivity index (χ1n) is 5.56. The van der Waals surface area contributed by atoms with Crippen molar-refractivity contribution in [1.29, 1.82) is 0 Å². The van der Waals surface area contributed by atoms with Gasteiger partial charge in [-0.2, -0.15) is 0 Å². The largest absolute Gasteiger partial charge is 0.370 e. The van der Waals surface area contributed by atoms with E-state index < -0.39 is 11.9 Å². The molecule has 0 saturated carbocycles. The maximum atomic E-state index is 11.9. The molecule has 0 aromatic carbocycles. The third-order valence-corrected chi connectivity index (χ3v) is 2.62. The second-order valence-corrected chi connectivity index (χ2v) is 3.93. The summed E-state index contributed by atoms with van der Waals surface area (Å²) in [6.07, 6.45) is 3.74. The summed E-state index contributed by atoms with van der Waals surface area (Å²) in [5.74, 6) is -0.465. The topological polar surface area (TPSA) is 75.4 Å². The number of hydrogen-bond acceptors (Lipinski definition) is 3. The van der Waals surface area contributed by atoms with E-state index in [1.807, 2.05) is 6.08 Å². The van der Waals surface area contributed by atoms with Crippen molar-refractivity contribution in [1.82, 2.24) is 10.2 Å². The van der Waals surface area contributed by atoms with Crippen LogP contribution >= 0.6 is 0 Å². The summed E-state index contributed by atoms with van der Waals surface area (Å²) in [5, 5.41) is 3.01. The van der Waals surface area contributed by atoms with Crippen LogP contribution in [0, 0.1) is 0 Å². The molecule has 1 saturated heterocycles. The summed E-state index contributed by atoms with van der Waals surface area (Å²) in [5.41, 5.74) is 5.09. The monoisotopic (exact) mass is 225 g/mol. The van der Waals surface area contributed by atoms with E-state index in [0.29, 0.717) is 6.54 Å². The molecule has 1 rings (SSSR count). The Morgan fingerprint density at radius 3 is 3.06 bits per heavy atom. The molecule has 1 atom stereocenters. The molecule has 0 aliphatic carbocycles. The fourth-order valence-corrected chi connectivity index (χ4v) is 1.80. The van der Waals surface area contributed by atoms with Gasteiger partial charge in [0.2, 0.25) is 11.8 Å². The fourth-order valence-electron chi connectivity index (χ4n) is 1.80. The van der Waals surface area contributed by atoms with Crippen molar-refractivity contribution in [3.8, 4) is 0 Å². The Balaban J connectivity index is 2.43. The maximum absolute atomic E-state index is 11.9. The van der Waals surface area contributed by atoms with Gasteiger partial charge in [0.15, 0.2) is 0 Å². The van der Waals surface area contributed by atoms with Crippen LogP contribution in [0.1, 0.15) is 19.3 Å². The third kappa shape index (κ3) is 3.66. The fraction of sp³-hybridized carbons (Fsp3) is 0.636. The lowest BCUT2D eigenvalue weighted by atomic mass is 10.1. The molecule has 3 N–H and O–H groups in total. The zero-order chi connectivity index (χ0) is 12.0. The maximum Gasteiger partial charge on any atom is 0.240 e. The van der Waals surface area contributed by atoms with Gasteiger partial charge in [-0.3, -0.25) is 9.59 Å². The highest BCUT2D eigenvalue weighted by Crippen LogP contribution is 2.06. The number of carbonyl (C=O) groups excluding carboxylic acids is 2. The van der Waals surface area contributed by atoms with Crippen LogP contribution in [0.2, 0.25) is 0 Å². The molecule has 5 nitrogen and oxygen atoms in total. The van der Waals surface area contributed by atoms with Crippen molar-refractivity contribution in [2.24, 2.45) is 5.73 Å². The van der Waals surface area contributed by atoms with Gasteiger partial charge in [-0.05, 0) is 12.8 Å². The molecule has 5 heteroatoms. The standard InChI is InChI=1S/C11H19N3O2/c1-2-3-4-6-14-7-5-13-9(11(14)16)8-10(12)15/h2,9,13H,1,3-8H2,(H2,12,15). The van der Waals surface area contributed by atoms with Crippen LogP contribution in [0.4, 0.5) is 0 Å². The molecular formula is C11H19N3O2. The number of allylic oxidation sites excluding steroid dienone is 1. The minimum absolute atomic E-state index is 0.0193. The zero-order valence-corrected chi connectivity index (χ0v) is 9.45. The number of unbranched alkanes of at least 4 members (excludes halogenated alkanes) is 1. The number of rotatable bonds is 6. The predicted octanol–water partition coefficient (Wildman–Crippen LogP) is -0.372. The van der Waals surface area contributed by atoms with Crippen molar-refractivity contribution < 1.29 is 9.59 Å². The molecule has 16 heavy (non-hydrogen) atoms. The van der Waals surface area contributed by atoms with Crippen molar-refractivity contribution in [3.05, 3.63) is 12.7 Å². The first-order valence-corrected chi connectivity index (χ1v) is 5.56. The van der Waals surface area contributed by atoms with Crippen molar-refractivity contribution in [2.45, 2.75) is 25.3 Å². The average molecular weight is 225 g/mol. The average Bonchev–Trinajstić information content (AvgIpc) is 2.23. The molecule has 0 bridgehead atoms. The Bertz CT molecular complexity index is 278. The van der Waals surface area contributed by atoms with Crippen LogP contribution < -0.4 is 11.1 Å². The summed E-state index contributed by atoms with van der Waals surface area (Å²) in [6, 6.07) is -0.435. The summed E-state index contributed by atoms with van der Waals surface area (Å²) >= 11 is 0. The van der Waals surface area contributed by atoms with Gasteiger partial charge in [0.1, 0.15) is 0 Å². The van der Waals surface area contributed by atoms with Gasteiger partial charge >= 0.3 is 0 Å². The zero-order valence-electron chi connectivity index (χ0n) is 9.45. The van der Waals surface area contributed by atoms with E-state index in [1.54, 1.807) is 4.90 Å². The van der Waals surface area contributed by atoms with Crippen LogP contribution in [0.3, 0.4) is 0 Å². The summed E-state index contributed by atoms with van der Waals surface area (Å²) in [6.45, 7) is 5.78. The van der Waals surface area contributed by atoms with Gasteiger partial charge in [-0.15, -0.1) is 6.58 Å². The minimum atomic E-state index is -0.446. The Hall–Kier alpha value is -1.36. The van der Waals surface area contributed by atoms with Gasteiger partial charge in [0, 0.05) is 19.6 Å². The van der Waals surface area contributed by atoms with Crippen LogP contribution in [0.25, 0.3) is 0 Å². The molecule has 2 amide bonds. The smallest absolute Gasteiger partial charge is 0.240 e. The quantitative estimate of drug-likeness (QED) is 0.478. The molecular weight excluding hydrogens is 206 g/mol. The number of piperazine rings is 1. The minimum Gasteiger partial charge on any atom is -0.370 e. The molecule has 1 aliphatic heterocycles. The van der Waals surface area contributed by atoms with E-state index in [0.717, 1.165) is 25.9 Å². The molecule has 0 aromatic heterocycles. The molecule has 0 aromatic rings. The number of amides is 2. The van der Waals surface area contributed by atoms with Gasteiger partial charge in [0.25, 0.3) is 0 Å². The summed E-state index contributed by atoms with van der Waals surface area (Å²) < 4.78 is 0. The normalized spacial score (nSPS) is 20.9. The number of nitrogens with zero attached hydrogens (tertiary/aromatic N) is 1. The van der Waals surface area contributed by atoms with E-state index in [9.17, 15) is 9.59 Å². The first kappa shape index (κ1) is 12.7. The summed E-state index contributed by atoms with van der Waals surface area (Å²) in [7, 11) is 0. The second-order valence-electron chi connectivity index (χ2n) is 3.93. The molecule has 1 aliphatic rings. The molecule has 1 unspecified atom stereocenters. The molecule has 1 fully saturated rings. The molecule has 90 valence electrons. The van der Waals surface area contributed by atoms with E-state index in [-0.39, 0.29) is 12.3 Å². The van der Waals surface area contributed by atoms with Crippen molar-refractivity contribution in [3.63, 3.8) is 0 Å². The lowest BCUT2D eigenvalue weighted by Gasteiger charge is -2.32. The highest BCUT2D eigenvalue weighted by molar-refractivity contribution is 5.88. The van der Waals surface area contributed by atoms with E-state index >= 15 is 0 Å². The van der Waals surface area contributed by atoms with Crippen molar-refractivity contribution >= 4 is 11.8 Å². The number of primary amides is 1. The number of nitrogens with two attached hydrogens (primary N) is 1. The molecule has 1 heterocycles. The molecule has 0 spiro atoms. The Morgan fingerprint density at radius 1 is 1.69 bits per heavy atom. The lowest BCUT2D eigenvalue weighted by molar-refractivity contribution is -0.137. The molecule has 0 radical (unpaired) electrons. The summed E-state index contributed by atoms with van der Waals surface area (Å²) in [4.78, 5) is 24.4.